The van der Waals surface area contributed by atoms with Crippen LogP contribution in [0, 0.1) is 11.8 Å². The van der Waals surface area contributed by atoms with Crippen LogP contribution in [0.25, 0.3) is 0 Å². The summed E-state index contributed by atoms with van der Waals surface area (Å²) >= 11 is 0. The summed E-state index contributed by atoms with van der Waals surface area (Å²) in [6.45, 7) is 3.75. The molecule has 0 spiro atoms. The number of hydrogen-bond donors (Lipinski definition) is 3. The molecule has 6 nitrogen and oxygen atoms in total. The molecule has 0 aromatic heterocycles. The standard InChI is InChI=1S/C21H25NO5/c1-11-17(13-7-5-9-15(26-3)20(13)24)22-18(12(2)19(11)23)14-8-6-10-16(27-4)21(14)25/h5-12,17-18,22,24-25H,1-4H3/p+1. The van der Waals surface area contributed by atoms with Gasteiger partial charge in [0.2, 0.25) is 0 Å². The molecule has 2 aromatic carbocycles. The van der Waals surface area contributed by atoms with Crippen molar-refractivity contribution in [3.8, 4) is 23.0 Å². The first kappa shape index (κ1) is 19.0. The Kier molecular flexibility index (Phi) is 5.28. The monoisotopic (exact) mass is 372 g/mol. The maximum atomic E-state index is 13.0. The van der Waals surface area contributed by atoms with Gasteiger partial charge in [-0.2, -0.15) is 0 Å². The number of aromatic hydroxyl groups is 2. The fraction of sp³-hybridized carbons (Fsp3) is 0.381. The van der Waals surface area contributed by atoms with E-state index in [1.165, 1.54) is 14.2 Å². The number of rotatable bonds is 4. The Morgan fingerprint density at radius 3 is 1.59 bits per heavy atom. The van der Waals surface area contributed by atoms with Crippen LogP contribution in [0.5, 0.6) is 23.0 Å². The Hall–Kier alpha value is -2.73. The number of benzene rings is 2. The Bertz CT molecular complexity index is 783. The van der Waals surface area contributed by atoms with Gasteiger partial charge in [-0.05, 0) is 38.1 Å². The van der Waals surface area contributed by atoms with E-state index in [0.29, 0.717) is 22.6 Å². The summed E-state index contributed by atoms with van der Waals surface area (Å²) in [6, 6.07) is 10.00. The third-order valence-corrected chi connectivity index (χ3v) is 5.61. The summed E-state index contributed by atoms with van der Waals surface area (Å²) in [6.07, 6.45) is 0. The van der Waals surface area contributed by atoms with Crippen LogP contribution in [0.1, 0.15) is 37.1 Å². The van der Waals surface area contributed by atoms with E-state index in [0.717, 1.165) is 0 Å². The number of phenols is 2. The molecule has 4 atom stereocenters. The molecule has 1 aliphatic rings. The molecule has 6 heteroatoms. The van der Waals surface area contributed by atoms with Crippen molar-refractivity contribution < 1.29 is 29.8 Å². The lowest BCUT2D eigenvalue weighted by atomic mass is 9.76. The molecule has 3 rings (SSSR count). The maximum Gasteiger partial charge on any atom is 0.166 e. The average Bonchev–Trinajstić information content (AvgIpc) is 2.68. The Labute approximate surface area is 158 Å². The second-order valence-electron chi connectivity index (χ2n) is 7.02. The molecule has 1 heterocycles. The van der Waals surface area contributed by atoms with Crippen molar-refractivity contribution in [2.45, 2.75) is 25.9 Å². The molecule has 0 aliphatic carbocycles. The number of carbonyl (C=O) groups excluding carboxylic acids is 1. The van der Waals surface area contributed by atoms with Crippen LogP contribution in [0.3, 0.4) is 0 Å². The van der Waals surface area contributed by atoms with E-state index in [9.17, 15) is 15.0 Å². The molecule has 1 fully saturated rings. The summed E-state index contributed by atoms with van der Waals surface area (Å²) in [4.78, 5) is 13.0. The number of methoxy groups -OCH3 is 2. The topological polar surface area (TPSA) is 92.6 Å². The van der Waals surface area contributed by atoms with Gasteiger partial charge in [-0.1, -0.05) is 12.1 Å². The van der Waals surface area contributed by atoms with Gasteiger partial charge >= 0.3 is 0 Å². The smallest absolute Gasteiger partial charge is 0.166 e. The van der Waals surface area contributed by atoms with Crippen molar-refractivity contribution in [1.29, 1.82) is 0 Å². The van der Waals surface area contributed by atoms with Gasteiger partial charge < -0.3 is 25.0 Å². The molecule has 1 saturated heterocycles. The van der Waals surface area contributed by atoms with Crippen molar-refractivity contribution in [3.63, 3.8) is 0 Å². The molecule has 0 saturated carbocycles. The number of phenolic OH excluding ortho intramolecular Hbond substituents is 2. The number of ketones is 1. The van der Waals surface area contributed by atoms with Crippen LogP contribution in [0.15, 0.2) is 36.4 Å². The number of para-hydroxylation sites is 2. The lowest BCUT2D eigenvalue weighted by molar-refractivity contribution is -0.748. The van der Waals surface area contributed by atoms with E-state index >= 15 is 0 Å². The highest BCUT2D eigenvalue weighted by molar-refractivity contribution is 5.85. The summed E-state index contributed by atoms with van der Waals surface area (Å²) in [5.74, 6) is 0.356. The molecular weight excluding hydrogens is 346 g/mol. The summed E-state index contributed by atoms with van der Waals surface area (Å²) in [5, 5.41) is 23.2. The van der Waals surface area contributed by atoms with Crippen LogP contribution in [-0.2, 0) is 4.79 Å². The molecule has 0 radical (unpaired) electrons. The van der Waals surface area contributed by atoms with Crippen LogP contribution in [0.4, 0.5) is 0 Å². The van der Waals surface area contributed by atoms with Gasteiger partial charge in [0.25, 0.3) is 0 Å². The number of piperidine rings is 1. The SMILES string of the molecule is COc1cccc(C2[NH2+]C(c3cccc(OC)c3O)C(C)C(=O)C2C)c1O. The largest absolute Gasteiger partial charge is 0.504 e. The van der Waals surface area contributed by atoms with Crippen LogP contribution >= 0.6 is 0 Å². The Balaban J connectivity index is 2.05. The van der Waals surface area contributed by atoms with E-state index in [-0.39, 0.29) is 41.2 Å². The van der Waals surface area contributed by atoms with E-state index in [4.69, 9.17) is 9.47 Å². The zero-order valence-corrected chi connectivity index (χ0v) is 16.0. The second-order valence-corrected chi connectivity index (χ2v) is 7.02. The van der Waals surface area contributed by atoms with Gasteiger partial charge in [0, 0.05) is 0 Å². The molecule has 1 aliphatic heterocycles. The van der Waals surface area contributed by atoms with Gasteiger partial charge in [0.05, 0.1) is 37.2 Å². The zero-order valence-electron chi connectivity index (χ0n) is 16.0. The van der Waals surface area contributed by atoms with Crippen LogP contribution < -0.4 is 14.8 Å². The first-order valence-corrected chi connectivity index (χ1v) is 9.01. The third-order valence-electron chi connectivity index (χ3n) is 5.61. The van der Waals surface area contributed by atoms with Gasteiger partial charge in [0.15, 0.2) is 28.8 Å². The van der Waals surface area contributed by atoms with E-state index in [2.05, 4.69) is 0 Å². The summed E-state index contributed by atoms with van der Waals surface area (Å²) in [7, 11) is 2.99. The predicted octanol–water partition coefficient (Wildman–Crippen LogP) is 2.32. The van der Waals surface area contributed by atoms with E-state index in [1.807, 2.05) is 19.2 Å². The molecule has 2 aromatic rings. The Morgan fingerprint density at radius 1 is 0.815 bits per heavy atom. The summed E-state index contributed by atoms with van der Waals surface area (Å²) in [5.41, 5.74) is 1.30. The number of nitrogens with two attached hydrogens (primary N) is 1. The average molecular weight is 372 g/mol. The van der Waals surface area contributed by atoms with Gasteiger partial charge in [-0.3, -0.25) is 4.79 Å². The lowest BCUT2D eigenvalue weighted by Gasteiger charge is -2.36. The highest BCUT2D eigenvalue weighted by Gasteiger charge is 2.45. The normalized spacial score (nSPS) is 25.3. The van der Waals surface area contributed by atoms with Gasteiger partial charge in [-0.25, -0.2) is 0 Å². The minimum Gasteiger partial charge on any atom is -0.504 e. The number of ether oxygens (including phenoxy) is 2. The van der Waals surface area contributed by atoms with E-state index < -0.39 is 0 Å². The fourth-order valence-electron chi connectivity index (χ4n) is 4.02. The molecule has 4 N–H and O–H groups in total. The molecule has 0 amide bonds. The number of Topliss-reactive ketones (excluding diaryl/α,β-unsaturated/α-hetero) is 1. The first-order valence-electron chi connectivity index (χ1n) is 9.01. The summed E-state index contributed by atoms with van der Waals surface area (Å²) < 4.78 is 10.4. The first-order chi connectivity index (χ1) is 12.9. The third kappa shape index (κ3) is 3.21. The second kappa shape index (κ2) is 7.48. The number of carbonyl (C=O) groups is 1. The molecule has 27 heavy (non-hydrogen) atoms. The quantitative estimate of drug-likeness (QED) is 0.766. The van der Waals surface area contributed by atoms with Crippen LogP contribution in [-0.4, -0.2) is 30.2 Å². The maximum absolute atomic E-state index is 13.0. The van der Waals surface area contributed by atoms with Crippen LogP contribution in [0.2, 0.25) is 0 Å². The predicted molar refractivity (Wildman–Crippen MR) is 100 cm³/mol. The number of quaternary nitrogens is 1. The van der Waals surface area contributed by atoms with Crippen molar-refractivity contribution in [2.75, 3.05) is 14.2 Å². The molecule has 4 unspecified atom stereocenters. The molecule has 144 valence electrons. The molecule has 0 bridgehead atoms. The van der Waals surface area contributed by atoms with Crippen molar-refractivity contribution in [3.05, 3.63) is 47.5 Å². The minimum atomic E-state index is -0.292. The van der Waals surface area contributed by atoms with Gasteiger partial charge in [-0.15, -0.1) is 0 Å². The van der Waals surface area contributed by atoms with E-state index in [1.54, 1.807) is 36.4 Å². The van der Waals surface area contributed by atoms with Crippen molar-refractivity contribution in [2.24, 2.45) is 11.8 Å². The Morgan fingerprint density at radius 2 is 1.22 bits per heavy atom. The zero-order chi connectivity index (χ0) is 19.7. The molecular formula is C21H26NO5+. The fourth-order valence-corrected chi connectivity index (χ4v) is 4.02. The highest BCUT2D eigenvalue weighted by Crippen LogP contribution is 2.41. The van der Waals surface area contributed by atoms with Crippen molar-refractivity contribution in [1.82, 2.24) is 0 Å². The highest BCUT2D eigenvalue weighted by atomic mass is 16.5. The van der Waals surface area contributed by atoms with Crippen molar-refractivity contribution >= 4 is 5.78 Å². The van der Waals surface area contributed by atoms with Gasteiger partial charge in [0.1, 0.15) is 12.1 Å². The minimum absolute atomic E-state index is 0.0454. The lowest BCUT2D eigenvalue weighted by Crippen LogP contribution is -2.91. The number of hydrogen-bond acceptors (Lipinski definition) is 5.